The Bertz CT molecular complexity index is 819. The van der Waals surface area contributed by atoms with E-state index >= 15 is 0 Å². The molecule has 1 aromatic rings. The van der Waals surface area contributed by atoms with Crippen LogP contribution in [0.25, 0.3) is 0 Å². The number of fused-ring (bicyclic) bond motifs is 1. The Hall–Kier alpha value is -3.06. The van der Waals surface area contributed by atoms with Gasteiger partial charge >= 0.3 is 6.03 Å². The van der Waals surface area contributed by atoms with Crippen LogP contribution in [0.1, 0.15) is 16.8 Å². The monoisotopic (exact) mass is 365 g/mol. The molecule has 3 amide bonds. The molecule has 1 atom stereocenters. The molecule has 4 N–H and O–H groups in total. The summed E-state index contributed by atoms with van der Waals surface area (Å²) >= 11 is 0. The Morgan fingerprint density at radius 2 is 2.07 bits per heavy atom. The molecule has 27 heavy (non-hydrogen) atoms. The number of amides is 3. The number of hydrogen-bond acceptors (Lipinski definition) is 4. The summed E-state index contributed by atoms with van der Waals surface area (Å²) in [5.74, 6) is 0.422. The number of rotatable bonds is 4. The molecule has 1 saturated heterocycles. The summed E-state index contributed by atoms with van der Waals surface area (Å²) in [5, 5.41) is 12.2. The van der Waals surface area contributed by atoms with Crippen LogP contribution in [0.5, 0.6) is 0 Å². The third-order valence-corrected chi connectivity index (χ3v) is 5.00. The average molecular weight is 365 g/mol. The molecule has 0 spiro atoms. The lowest BCUT2D eigenvalue weighted by atomic mass is 10.1. The largest absolute Gasteiger partial charge is 0.367 e. The van der Waals surface area contributed by atoms with E-state index < -0.39 is 0 Å². The Kier molecular flexibility index (Phi) is 4.93. The Balaban J connectivity index is 1.31. The van der Waals surface area contributed by atoms with E-state index in [9.17, 15) is 9.59 Å². The second-order valence-electron chi connectivity index (χ2n) is 6.96. The maximum atomic E-state index is 12.4. The number of carbonyl (C=O) groups excluding carboxylic acids is 2. The van der Waals surface area contributed by atoms with E-state index in [1.807, 2.05) is 24.7 Å². The number of anilines is 1. The zero-order valence-electron chi connectivity index (χ0n) is 15.0. The quantitative estimate of drug-likeness (QED) is 0.655. The molecular formula is C20H23N5O2. The molecule has 3 aliphatic rings. The van der Waals surface area contributed by atoms with Crippen LogP contribution < -0.4 is 21.3 Å². The lowest BCUT2D eigenvalue weighted by Crippen LogP contribution is -2.30. The maximum Gasteiger partial charge on any atom is 0.326 e. The predicted molar refractivity (Wildman–Crippen MR) is 104 cm³/mol. The number of benzene rings is 1. The molecule has 0 unspecified atom stereocenters. The second kappa shape index (κ2) is 7.67. The lowest BCUT2D eigenvalue weighted by Gasteiger charge is -2.15. The maximum absolute atomic E-state index is 12.4. The molecule has 0 saturated carbocycles. The van der Waals surface area contributed by atoms with Crippen molar-refractivity contribution in [1.29, 1.82) is 0 Å². The van der Waals surface area contributed by atoms with Crippen LogP contribution >= 0.6 is 0 Å². The van der Waals surface area contributed by atoms with Crippen LogP contribution in [0.4, 0.5) is 10.5 Å². The number of dihydropyridines is 1. The Labute approximate surface area is 158 Å². The van der Waals surface area contributed by atoms with E-state index in [1.54, 1.807) is 29.2 Å². The second-order valence-corrected chi connectivity index (χ2v) is 6.96. The van der Waals surface area contributed by atoms with Crippen LogP contribution in [0.3, 0.4) is 0 Å². The zero-order valence-corrected chi connectivity index (χ0v) is 15.0. The fourth-order valence-electron chi connectivity index (χ4n) is 3.40. The molecule has 0 bridgehead atoms. The first-order valence-corrected chi connectivity index (χ1v) is 9.19. The van der Waals surface area contributed by atoms with Crippen molar-refractivity contribution in [3.63, 3.8) is 0 Å². The van der Waals surface area contributed by atoms with E-state index in [2.05, 4.69) is 21.3 Å². The van der Waals surface area contributed by atoms with Crippen LogP contribution in [-0.4, -0.2) is 43.0 Å². The topological polar surface area (TPSA) is 85.5 Å². The van der Waals surface area contributed by atoms with E-state index in [0.717, 1.165) is 30.7 Å². The molecule has 0 radical (unpaired) electrons. The van der Waals surface area contributed by atoms with Crippen molar-refractivity contribution in [2.75, 3.05) is 31.5 Å². The SMILES string of the molecule is O=C(NC[C@H]1CCNC1)c1ccc(NC(=O)N2C=C3C=CNC=C3C2)cc1. The summed E-state index contributed by atoms with van der Waals surface area (Å²) in [7, 11) is 0. The molecule has 3 heterocycles. The van der Waals surface area contributed by atoms with E-state index in [1.165, 1.54) is 0 Å². The summed E-state index contributed by atoms with van der Waals surface area (Å²) in [5.41, 5.74) is 3.37. The first-order chi connectivity index (χ1) is 13.2. The first kappa shape index (κ1) is 17.4. The van der Waals surface area contributed by atoms with Crippen molar-refractivity contribution < 1.29 is 9.59 Å². The van der Waals surface area contributed by atoms with Gasteiger partial charge in [-0.05, 0) is 66.9 Å². The van der Waals surface area contributed by atoms with Crippen molar-refractivity contribution in [2.45, 2.75) is 6.42 Å². The minimum absolute atomic E-state index is 0.0839. The highest BCUT2D eigenvalue weighted by Gasteiger charge is 2.23. The minimum atomic E-state index is -0.197. The van der Waals surface area contributed by atoms with Gasteiger partial charge in [-0.3, -0.25) is 9.69 Å². The van der Waals surface area contributed by atoms with Gasteiger partial charge in [0.2, 0.25) is 0 Å². The molecule has 3 aliphatic heterocycles. The van der Waals surface area contributed by atoms with Gasteiger partial charge in [0.05, 0.1) is 6.54 Å². The summed E-state index contributed by atoms with van der Waals surface area (Å²) in [6, 6.07) is 6.77. The standard InChI is InChI=1S/C20H23N5O2/c26-19(23-10-14-5-7-21-9-14)15-1-3-18(4-2-15)24-20(27)25-12-16-6-8-22-11-17(16)13-25/h1-4,6,8,11-12,14,21-22H,5,7,9-10,13H2,(H,23,26)(H,24,27)/t14-/m0/s1. The summed E-state index contributed by atoms with van der Waals surface area (Å²) in [6.45, 7) is 3.20. The first-order valence-electron chi connectivity index (χ1n) is 9.19. The number of nitrogens with one attached hydrogen (secondary N) is 4. The van der Waals surface area contributed by atoms with Gasteiger partial charge in [-0.15, -0.1) is 0 Å². The predicted octanol–water partition coefficient (Wildman–Crippen LogP) is 1.76. The van der Waals surface area contributed by atoms with Crippen molar-refractivity contribution in [2.24, 2.45) is 5.92 Å². The van der Waals surface area contributed by atoms with Crippen LogP contribution in [0, 0.1) is 5.92 Å². The number of carbonyl (C=O) groups is 2. The van der Waals surface area contributed by atoms with Crippen molar-refractivity contribution >= 4 is 17.6 Å². The van der Waals surface area contributed by atoms with Crippen molar-refractivity contribution in [1.82, 2.24) is 20.9 Å². The molecular weight excluding hydrogens is 342 g/mol. The lowest BCUT2D eigenvalue weighted by molar-refractivity contribution is 0.0948. The van der Waals surface area contributed by atoms with Crippen LogP contribution in [0.15, 0.2) is 60.1 Å². The van der Waals surface area contributed by atoms with Crippen LogP contribution in [-0.2, 0) is 0 Å². The van der Waals surface area contributed by atoms with Gasteiger partial charge in [0.15, 0.2) is 0 Å². The number of urea groups is 1. The highest BCUT2D eigenvalue weighted by atomic mass is 16.2. The normalized spacial score (nSPS) is 20.4. The number of nitrogens with zero attached hydrogens (tertiary/aromatic N) is 1. The highest BCUT2D eigenvalue weighted by Crippen LogP contribution is 2.24. The van der Waals surface area contributed by atoms with Gasteiger partial charge in [0.1, 0.15) is 0 Å². The number of allylic oxidation sites excluding steroid dienone is 1. The summed E-state index contributed by atoms with van der Waals surface area (Å²) < 4.78 is 0. The fourth-order valence-corrected chi connectivity index (χ4v) is 3.40. The average Bonchev–Trinajstić information content (AvgIpc) is 3.36. The molecule has 140 valence electrons. The molecule has 0 aliphatic carbocycles. The molecule has 0 aromatic heterocycles. The van der Waals surface area contributed by atoms with Crippen molar-refractivity contribution in [3.8, 4) is 0 Å². The zero-order chi connectivity index (χ0) is 18.6. The van der Waals surface area contributed by atoms with Gasteiger partial charge in [-0.1, -0.05) is 0 Å². The highest BCUT2D eigenvalue weighted by molar-refractivity contribution is 5.95. The third-order valence-electron chi connectivity index (χ3n) is 5.00. The van der Waals surface area contributed by atoms with Gasteiger partial charge < -0.3 is 21.3 Å². The van der Waals surface area contributed by atoms with Crippen molar-refractivity contribution in [3.05, 3.63) is 65.7 Å². The smallest absolute Gasteiger partial charge is 0.326 e. The van der Waals surface area contributed by atoms with Gasteiger partial charge in [0, 0.05) is 36.4 Å². The Morgan fingerprint density at radius 1 is 1.22 bits per heavy atom. The molecule has 7 heteroatoms. The third kappa shape index (κ3) is 4.03. The van der Waals surface area contributed by atoms with E-state index in [-0.39, 0.29) is 11.9 Å². The molecule has 7 nitrogen and oxygen atoms in total. The Morgan fingerprint density at radius 3 is 2.81 bits per heavy atom. The van der Waals surface area contributed by atoms with Gasteiger partial charge in [0.25, 0.3) is 5.91 Å². The summed E-state index contributed by atoms with van der Waals surface area (Å²) in [4.78, 5) is 26.3. The molecule has 4 rings (SSSR count). The van der Waals surface area contributed by atoms with E-state index in [0.29, 0.717) is 30.3 Å². The minimum Gasteiger partial charge on any atom is -0.367 e. The fraction of sp³-hybridized carbons (Fsp3) is 0.300. The van der Waals surface area contributed by atoms with Gasteiger partial charge in [-0.25, -0.2) is 4.79 Å². The number of hydrogen-bond donors (Lipinski definition) is 4. The molecule has 1 aromatic carbocycles. The molecule has 1 fully saturated rings. The van der Waals surface area contributed by atoms with E-state index in [4.69, 9.17) is 0 Å². The summed E-state index contributed by atoms with van der Waals surface area (Å²) in [6.07, 6.45) is 8.61. The van der Waals surface area contributed by atoms with Crippen LogP contribution in [0.2, 0.25) is 0 Å². The van der Waals surface area contributed by atoms with Gasteiger partial charge in [-0.2, -0.15) is 0 Å².